The van der Waals surface area contributed by atoms with Gasteiger partial charge in [0, 0.05) is 32.5 Å². The smallest absolute Gasteiger partial charge is 0.246 e. The van der Waals surface area contributed by atoms with Gasteiger partial charge in [-0.2, -0.15) is 14.5 Å². The number of amides is 1. The van der Waals surface area contributed by atoms with Crippen LogP contribution in [-0.2, 0) is 28.4 Å². The van der Waals surface area contributed by atoms with Gasteiger partial charge in [-0.25, -0.2) is 8.42 Å². The van der Waals surface area contributed by atoms with Crippen LogP contribution in [0, 0.1) is 18.3 Å². The van der Waals surface area contributed by atoms with Gasteiger partial charge in [0.2, 0.25) is 15.9 Å². The molecule has 30 heavy (non-hydrogen) atoms. The Morgan fingerprint density at radius 3 is 2.63 bits per heavy atom. The first-order valence-electron chi connectivity index (χ1n) is 10.3. The van der Waals surface area contributed by atoms with Crippen LogP contribution in [0.5, 0.6) is 0 Å². The maximum atomic E-state index is 13.1. The average Bonchev–Trinajstić information content (AvgIpc) is 3.31. The third-order valence-corrected chi connectivity index (χ3v) is 7.82. The Bertz CT molecular complexity index is 975. The number of hydrogen-bond acceptors (Lipinski definition) is 5. The summed E-state index contributed by atoms with van der Waals surface area (Å²) in [4.78, 5) is 13.3. The van der Waals surface area contributed by atoms with Crippen LogP contribution in [0.1, 0.15) is 39.3 Å². The summed E-state index contributed by atoms with van der Waals surface area (Å²) in [6.07, 6.45) is 6.29. The molecular weight excluding hydrogens is 404 g/mol. The number of carbonyl (C=O) groups is 1. The van der Waals surface area contributed by atoms with Crippen molar-refractivity contribution in [1.82, 2.24) is 29.2 Å². The van der Waals surface area contributed by atoms with E-state index in [1.54, 1.807) is 29.5 Å². The summed E-state index contributed by atoms with van der Waals surface area (Å²) in [5, 5.41) is 11.5. The molecule has 0 aromatic carbocycles. The molecule has 1 aliphatic rings. The molecule has 10 heteroatoms. The van der Waals surface area contributed by atoms with E-state index in [9.17, 15) is 13.2 Å². The number of rotatable bonds is 6. The summed E-state index contributed by atoms with van der Waals surface area (Å²) in [7, 11) is -1.96. The second kappa shape index (κ2) is 8.50. The first kappa shape index (κ1) is 22.5. The Hall–Kier alpha value is -2.20. The summed E-state index contributed by atoms with van der Waals surface area (Å²) in [6, 6.07) is 1.73. The van der Waals surface area contributed by atoms with E-state index in [0.717, 1.165) is 0 Å². The molecule has 0 spiro atoms. The van der Waals surface area contributed by atoms with E-state index < -0.39 is 10.0 Å². The molecule has 1 N–H and O–H groups in total. The van der Waals surface area contributed by atoms with Gasteiger partial charge in [0.15, 0.2) is 0 Å². The molecule has 3 rings (SSSR count). The molecule has 0 radical (unpaired) electrons. The quantitative estimate of drug-likeness (QED) is 0.740. The highest BCUT2D eigenvalue weighted by Gasteiger charge is 2.36. The number of piperidine rings is 1. The normalized spacial score (nSPS) is 19.6. The first-order valence-corrected chi connectivity index (χ1v) is 11.7. The van der Waals surface area contributed by atoms with E-state index in [1.807, 2.05) is 12.3 Å². The molecule has 2 aromatic rings. The summed E-state index contributed by atoms with van der Waals surface area (Å²) in [5.41, 5.74) is 0.420. The molecule has 0 saturated carbocycles. The van der Waals surface area contributed by atoms with E-state index >= 15 is 0 Å². The van der Waals surface area contributed by atoms with Crippen LogP contribution >= 0.6 is 0 Å². The molecule has 0 bridgehead atoms. The molecule has 1 aliphatic heterocycles. The molecule has 2 atom stereocenters. The third-order valence-electron chi connectivity index (χ3n) is 5.85. The fraction of sp³-hybridized carbons (Fsp3) is 0.650. The van der Waals surface area contributed by atoms with Crippen LogP contribution in [0.3, 0.4) is 0 Å². The van der Waals surface area contributed by atoms with Crippen molar-refractivity contribution in [3.8, 4) is 0 Å². The van der Waals surface area contributed by atoms with Crippen molar-refractivity contribution in [2.75, 3.05) is 13.1 Å². The maximum absolute atomic E-state index is 13.1. The number of aryl methyl sites for hydroxylation is 1. The zero-order valence-corrected chi connectivity index (χ0v) is 19.2. The molecular formula is C20H32N6O3S. The molecule has 3 heterocycles. The monoisotopic (exact) mass is 436 g/mol. The minimum atomic E-state index is -3.68. The molecule has 1 amide bonds. The Labute approximate surface area is 178 Å². The highest BCUT2D eigenvalue weighted by atomic mass is 32.2. The van der Waals surface area contributed by atoms with Gasteiger partial charge in [-0.05, 0) is 31.2 Å². The summed E-state index contributed by atoms with van der Waals surface area (Å²) < 4.78 is 31.0. The van der Waals surface area contributed by atoms with Crippen molar-refractivity contribution < 1.29 is 13.2 Å². The Kier molecular flexibility index (Phi) is 6.37. The summed E-state index contributed by atoms with van der Waals surface area (Å²) in [6.45, 7) is 9.11. The van der Waals surface area contributed by atoms with Crippen LogP contribution in [0.15, 0.2) is 29.6 Å². The predicted octanol–water partition coefficient (Wildman–Crippen LogP) is 1.56. The SMILES string of the molecule is Cc1c(S(=O)(=O)N2CCC[C@H](C(=O)N[C@@H](Cn3cccn3)C(C)(C)C)C2)cnn1C. The fourth-order valence-electron chi connectivity index (χ4n) is 3.67. The van der Waals surface area contributed by atoms with Gasteiger partial charge >= 0.3 is 0 Å². The molecule has 9 nitrogen and oxygen atoms in total. The number of nitrogens with zero attached hydrogens (tertiary/aromatic N) is 5. The van der Waals surface area contributed by atoms with E-state index in [4.69, 9.17) is 0 Å². The highest BCUT2D eigenvalue weighted by Crippen LogP contribution is 2.27. The van der Waals surface area contributed by atoms with Crippen LogP contribution in [0.2, 0.25) is 0 Å². The van der Waals surface area contributed by atoms with Gasteiger partial charge in [-0.3, -0.25) is 14.2 Å². The van der Waals surface area contributed by atoms with E-state index in [2.05, 4.69) is 36.3 Å². The first-order chi connectivity index (χ1) is 14.0. The van der Waals surface area contributed by atoms with Crippen LogP contribution in [0.4, 0.5) is 0 Å². The van der Waals surface area contributed by atoms with Crippen molar-refractivity contribution in [2.45, 2.75) is 58.0 Å². The predicted molar refractivity (Wildman–Crippen MR) is 113 cm³/mol. The van der Waals surface area contributed by atoms with Crippen LogP contribution in [-0.4, -0.2) is 57.3 Å². The standard InChI is InChI=1S/C20H32N6O3S/c1-15-17(12-22-24(15)5)30(28,29)26-11-6-8-16(13-26)19(27)23-18(20(2,3)4)14-25-10-7-9-21-25/h7,9-10,12,16,18H,6,8,11,13-14H2,1-5H3,(H,23,27)/t16-,18-/m0/s1. The largest absolute Gasteiger partial charge is 0.351 e. The highest BCUT2D eigenvalue weighted by molar-refractivity contribution is 7.89. The third kappa shape index (κ3) is 4.75. The lowest BCUT2D eigenvalue weighted by Crippen LogP contribution is -2.51. The number of nitrogens with one attached hydrogen (secondary N) is 1. The molecule has 166 valence electrons. The second-order valence-electron chi connectivity index (χ2n) is 9.08. The van der Waals surface area contributed by atoms with Gasteiger partial charge in [0.25, 0.3) is 0 Å². The van der Waals surface area contributed by atoms with Crippen LogP contribution in [0.25, 0.3) is 0 Å². The molecule has 1 saturated heterocycles. The average molecular weight is 437 g/mol. The van der Waals surface area contributed by atoms with Gasteiger partial charge in [-0.1, -0.05) is 20.8 Å². The fourth-order valence-corrected chi connectivity index (χ4v) is 5.38. The van der Waals surface area contributed by atoms with Crippen molar-refractivity contribution in [3.05, 3.63) is 30.4 Å². The number of carbonyl (C=O) groups excluding carboxylic acids is 1. The molecule has 0 unspecified atom stereocenters. The minimum absolute atomic E-state index is 0.107. The topological polar surface area (TPSA) is 102 Å². The van der Waals surface area contributed by atoms with Crippen LogP contribution < -0.4 is 5.32 Å². The Balaban J connectivity index is 1.72. The van der Waals surface area contributed by atoms with Gasteiger partial charge in [0.05, 0.1) is 30.4 Å². The lowest BCUT2D eigenvalue weighted by Gasteiger charge is -2.35. The second-order valence-corrected chi connectivity index (χ2v) is 11.0. The number of hydrogen-bond donors (Lipinski definition) is 1. The molecule has 1 fully saturated rings. The zero-order chi connectivity index (χ0) is 22.1. The van der Waals surface area contributed by atoms with Crippen molar-refractivity contribution >= 4 is 15.9 Å². The van der Waals surface area contributed by atoms with E-state index in [-0.39, 0.29) is 34.7 Å². The van der Waals surface area contributed by atoms with E-state index in [0.29, 0.717) is 31.6 Å². The van der Waals surface area contributed by atoms with Crippen molar-refractivity contribution in [1.29, 1.82) is 0 Å². The Morgan fingerprint density at radius 1 is 1.33 bits per heavy atom. The number of aromatic nitrogens is 4. The maximum Gasteiger partial charge on any atom is 0.246 e. The number of sulfonamides is 1. The van der Waals surface area contributed by atoms with Crippen molar-refractivity contribution in [3.63, 3.8) is 0 Å². The minimum Gasteiger partial charge on any atom is -0.351 e. The Morgan fingerprint density at radius 2 is 2.07 bits per heavy atom. The summed E-state index contributed by atoms with van der Waals surface area (Å²) in [5.74, 6) is -0.488. The van der Waals surface area contributed by atoms with Gasteiger partial charge in [-0.15, -0.1) is 0 Å². The molecule has 0 aliphatic carbocycles. The zero-order valence-electron chi connectivity index (χ0n) is 18.4. The van der Waals surface area contributed by atoms with Gasteiger partial charge in [0.1, 0.15) is 4.90 Å². The van der Waals surface area contributed by atoms with E-state index in [1.165, 1.54) is 10.5 Å². The van der Waals surface area contributed by atoms with Gasteiger partial charge < -0.3 is 5.32 Å². The lowest BCUT2D eigenvalue weighted by atomic mass is 9.86. The lowest BCUT2D eigenvalue weighted by molar-refractivity contribution is -0.127. The van der Waals surface area contributed by atoms with Crippen molar-refractivity contribution in [2.24, 2.45) is 18.4 Å². The molecule has 2 aromatic heterocycles. The summed E-state index contributed by atoms with van der Waals surface area (Å²) >= 11 is 0.